The van der Waals surface area contributed by atoms with E-state index in [1.165, 1.54) is 11.6 Å². The highest BCUT2D eigenvalue weighted by molar-refractivity contribution is 5.91. The zero-order chi connectivity index (χ0) is 15.7. The Labute approximate surface area is 123 Å². The molecule has 118 valence electrons. The third kappa shape index (κ3) is 5.48. The molecule has 21 heavy (non-hydrogen) atoms. The molecule has 9 nitrogen and oxygen atoms in total. The number of aromatic nitrogens is 2. The highest BCUT2D eigenvalue weighted by atomic mass is 16.6. The third-order valence-electron chi connectivity index (χ3n) is 2.98. The van der Waals surface area contributed by atoms with Gasteiger partial charge in [0, 0.05) is 6.54 Å². The molecule has 0 saturated heterocycles. The Morgan fingerprint density at radius 3 is 2.71 bits per heavy atom. The van der Waals surface area contributed by atoms with E-state index in [-0.39, 0.29) is 11.6 Å². The minimum Gasteiger partial charge on any atom is -0.358 e. The highest BCUT2D eigenvalue weighted by Crippen LogP contribution is 2.11. The van der Waals surface area contributed by atoms with Crippen molar-refractivity contribution < 1.29 is 9.72 Å². The molecule has 1 rings (SSSR count). The van der Waals surface area contributed by atoms with Crippen molar-refractivity contribution in [2.75, 3.05) is 26.2 Å². The summed E-state index contributed by atoms with van der Waals surface area (Å²) in [6.45, 7) is 2.90. The molecule has 4 N–H and O–H groups in total. The van der Waals surface area contributed by atoms with Crippen LogP contribution in [0.3, 0.4) is 0 Å². The number of hydrogen-bond acceptors (Lipinski definition) is 6. The number of nitrogens with two attached hydrogens (primary N) is 1. The Morgan fingerprint density at radius 1 is 1.38 bits per heavy atom. The normalized spacial score (nSPS) is 10.6. The fourth-order valence-electron chi connectivity index (χ4n) is 1.79. The van der Waals surface area contributed by atoms with Gasteiger partial charge in [-0.15, -0.1) is 0 Å². The third-order valence-corrected chi connectivity index (χ3v) is 2.98. The van der Waals surface area contributed by atoms with Gasteiger partial charge in [-0.1, -0.05) is 0 Å². The van der Waals surface area contributed by atoms with E-state index in [0.29, 0.717) is 13.1 Å². The molecule has 0 aliphatic carbocycles. The van der Waals surface area contributed by atoms with Crippen LogP contribution in [0, 0.1) is 10.1 Å². The summed E-state index contributed by atoms with van der Waals surface area (Å²) in [7, 11) is 1.44. The van der Waals surface area contributed by atoms with Gasteiger partial charge in [0.05, 0.1) is 7.05 Å². The first-order chi connectivity index (χ1) is 10.1. The second-order valence-electron chi connectivity index (χ2n) is 4.61. The van der Waals surface area contributed by atoms with Gasteiger partial charge in [-0.3, -0.25) is 4.79 Å². The number of imidazole rings is 1. The summed E-state index contributed by atoms with van der Waals surface area (Å²) >= 11 is 0. The van der Waals surface area contributed by atoms with Crippen molar-refractivity contribution in [3.63, 3.8) is 0 Å². The molecule has 0 aromatic carbocycles. The maximum atomic E-state index is 11.8. The van der Waals surface area contributed by atoms with Crippen molar-refractivity contribution in [2.45, 2.75) is 19.3 Å². The van der Waals surface area contributed by atoms with Gasteiger partial charge >= 0.3 is 11.7 Å². The van der Waals surface area contributed by atoms with Crippen molar-refractivity contribution in [1.82, 2.24) is 20.2 Å². The topological polar surface area (TPSA) is 128 Å². The molecular formula is C12H22N6O3. The van der Waals surface area contributed by atoms with Crippen LogP contribution in [0.4, 0.5) is 5.82 Å². The van der Waals surface area contributed by atoms with Crippen LogP contribution in [-0.2, 0) is 7.05 Å². The average Bonchev–Trinajstić information content (AvgIpc) is 2.83. The number of carbonyl (C=O) groups is 1. The molecule has 0 aliphatic rings. The minimum atomic E-state index is -0.574. The summed E-state index contributed by atoms with van der Waals surface area (Å²) in [4.78, 5) is 25.7. The maximum Gasteiger partial charge on any atom is 0.343 e. The Bertz CT molecular complexity index is 474. The van der Waals surface area contributed by atoms with E-state index < -0.39 is 10.8 Å². The second-order valence-corrected chi connectivity index (χ2v) is 4.61. The monoisotopic (exact) mass is 298 g/mol. The SMILES string of the molecule is Cn1c([N+](=O)[O-])cnc1C(=O)NCCCNCCCCN. The standard InChI is InChI=1S/C12H22N6O3/c1-17-10(18(20)21)9-16-11(17)12(19)15-8-4-7-14-6-3-2-5-13/h9,14H,2-8,13H2,1H3,(H,15,19). The number of nitrogens with one attached hydrogen (secondary N) is 2. The Balaban J connectivity index is 2.24. The molecule has 0 bridgehead atoms. The van der Waals surface area contributed by atoms with Gasteiger partial charge in [0.1, 0.15) is 6.20 Å². The molecular weight excluding hydrogens is 276 g/mol. The molecule has 0 spiro atoms. The summed E-state index contributed by atoms with van der Waals surface area (Å²) in [5.41, 5.74) is 5.39. The van der Waals surface area contributed by atoms with Gasteiger partial charge in [0.25, 0.3) is 5.82 Å². The van der Waals surface area contributed by atoms with E-state index in [0.717, 1.165) is 38.5 Å². The van der Waals surface area contributed by atoms with E-state index in [9.17, 15) is 14.9 Å². The maximum absolute atomic E-state index is 11.8. The lowest BCUT2D eigenvalue weighted by Crippen LogP contribution is -2.29. The van der Waals surface area contributed by atoms with Crippen molar-refractivity contribution >= 4 is 11.7 Å². The molecule has 0 aliphatic heterocycles. The molecule has 1 heterocycles. The van der Waals surface area contributed by atoms with Crippen LogP contribution in [0.15, 0.2) is 6.20 Å². The van der Waals surface area contributed by atoms with Crippen LogP contribution in [0.25, 0.3) is 0 Å². The molecule has 0 saturated carbocycles. The van der Waals surface area contributed by atoms with E-state index in [1.807, 2.05) is 0 Å². The van der Waals surface area contributed by atoms with Crippen molar-refractivity contribution in [2.24, 2.45) is 12.8 Å². The van der Waals surface area contributed by atoms with Crippen LogP contribution in [0.5, 0.6) is 0 Å². The van der Waals surface area contributed by atoms with Crippen LogP contribution >= 0.6 is 0 Å². The van der Waals surface area contributed by atoms with Crippen LogP contribution in [-0.4, -0.2) is 46.6 Å². The van der Waals surface area contributed by atoms with E-state index >= 15 is 0 Å². The van der Waals surface area contributed by atoms with E-state index in [1.54, 1.807) is 0 Å². The van der Waals surface area contributed by atoms with Gasteiger partial charge in [0.15, 0.2) is 0 Å². The lowest BCUT2D eigenvalue weighted by molar-refractivity contribution is -0.391. The number of nitrogens with zero attached hydrogens (tertiary/aromatic N) is 3. The molecule has 0 radical (unpaired) electrons. The van der Waals surface area contributed by atoms with Crippen LogP contribution in [0.1, 0.15) is 29.9 Å². The summed E-state index contributed by atoms with van der Waals surface area (Å²) in [6, 6.07) is 0. The Morgan fingerprint density at radius 2 is 2.10 bits per heavy atom. The van der Waals surface area contributed by atoms with Crippen LogP contribution < -0.4 is 16.4 Å². The first kappa shape index (κ1) is 17.1. The Hall–Kier alpha value is -2.00. The van der Waals surface area contributed by atoms with Gasteiger partial charge < -0.3 is 26.5 Å². The number of carbonyl (C=O) groups excluding carboxylic acids is 1. The van der Waals surface area contributed by atoms with E-state index in [4.69, 9.17) is 5.73 Å². The zero-order valence-corrected chi connectivity index (χ0v) is 12.2. The quantitative estimate of drug-likeness (QED) is 0.311. The number of unbranched alkanes of at least 4 members (excludes halogenated alkanes) is 1. The fraction of sp³-hybridized carbons (Fsp3) is 0.667. The summed E-state index contributed by atoms with van der Waals surface area (Å²) < 4.78 is 1.17. The van der Waals surface area contributed by atoms with Gasteiger partial charge in [0.2, 0.25) is 0 Å². The molecule has 0 fully saturated rings. The average molecular weight is 298 g/mol. The second kappa shape index (κ2) is 9.03. The lowest BCUT2D eigenvalue weighted by Gasteiger charge is -2.05. The summed E-state index contributed by atoms with van der Waals surface area (Å²) in [6.07, 6.45) is 3.90. The van der Waals surface area contributed by atoms with Crippen molar-refractivity contribution in [1.29, 1.82) is 0 Å². The summed E-state index contributed by atoms with van der Waals surface area (Å²) in [5, 5.41) is 16.6. The lowest BCUT2D eigenvalue weighted by atomic mass is 10.3. The predicted octanol–water partition coefficient (Wildman–Crippen LogP) is -0.223. The van der Waals surface area contributed by atoms with Crippen molar-refractivity contribution in [3.8, 4) is 0 Å². The highest BCUT2D eigenvalue weighted by Gasteiger charge is 2.21. The summed E-state index contributed by atoms with van der Waals surface area (Å²) in [5.74, 6) is -0.576. The van der Waals surface area contributed by atoms with Gasteiger partial charge in [-0.2, -0.15) is 0 Å². The Kier molecular flexibility index (Phi) is 7.33. The number of amides is 1. The number of rotatable bonds is 10. The van der Waals surface area contributed by atoms with Crippen molar-refractivity contribution in [3.05, 3.63) is 22.1 Å². The molecule has 1 aromatic heterocycles. The van der Waals surface area contributed by atoms with E-state index in [2.05, 4.69) is 15.6 Å². The molecule has 1 amide bonds. The number of hydrogen-bond donors (Lipinski definition) is 3. The first-order valence-electron chi connectivity index (χ1n) is 6.93. The minimum absolute atomic E-state index is 0.0394. The molecule has 0 unspecified atom stereocenters. The smallest absolute Gasteiger partial charge is 0.343 e. The molecule has 9 heteroatoms. The largest absolute Gasteiger partial charge is 0.358 e. The fourth-order valence-corrected chi connectivity index (χ4v) is 1.79. The molecule has 1 aromatic rings. The molecule has 0 atom stereocenters. The van der Waals surface area contributed by atoms with Gasteiger partial charge in [-0.05, 0) is 43.8 Å². The van der Waals surface area contributed by atoms with Crippen LogP contribution in [0.2, 0.25) is 0 Å². The van der Waals surface area contributed by atoms with Gasteiger partial charge in [-0.25, -0.2) is 9.55 Å². The number of nitro groups is 1. The predicted molar refractivity (Wildman–Crippen MR) is 78.0 cm³/mol. The zero-order valence-electron chi connectivity index (χ0n) is 12.2. The first-order valence-corrected chi connectivity index (χ1v) is 6.93.